The number of aryl methyl sites for hydroxylation is 1. The SMILES string of the molecule is Cc1ccc(CO/N=[C]\C(C)C)cc1. The van der Waals surface area contributed by atoms with Crippen molar-refractivity contribution in [3.8, 4) is 0 Å². The minimum Gasteiger partial charge on any atom is -0.391 e. The van der Waals surface area contributed by atoms with Gasteiger partial charge in [-0.3, -0.25) is 0 Å². The molecule has 0 atom stereocenters. The highest BCUT2D eigenvalue weighted by molar-refractivity contribution is 5.58. The third kappa shape index (κ3) is 4.08. The molecular formula is C12H16NO. The Morgan fingerprint density at radius 2 is 1.93 bits per heavy atom. The van der Waals surface area contributed by atoms with Crippen LogP contribution in [0.1, 0.15) is 25.0 Å². The van der Waals surface area contributed by atoms with Gasteiger partial charge in [0.2, 0.25) is 0 Å². The molecule has 0 bridgehead atoms. The van der Waals surface area contributed by atoms with Crippen LogP contribution in [-0.4, -0.2) is 6.21 Å². The first-order valence-electron chi connectivity index (χ1n) is 4.81. The van der Waals surface area contributed by atoms with E-state index in [1.165, 1.54) is 5.56 Å². The highest BCUT2D eigenvalue weighted by Crippen LogP contribution is 2.04. The van der Waals surface area contributed by atoms with Crippen molar-refractivity contribution in [2.24, 2.45) is 11.1 Å². The molecule has 0 aromatic heterocycles. The van der Waals surface area contributed by atoms with E-state index in [9.17, 15) is 0 Å². The summed E-state index contributed by atoms with van der Waals surface area (Å²) in [7, 11) is 0. The highest BCUT2D eigenvalue weighted by atomic mass is 16.6. The summed E-state index contributed by atoms with van der Waals surface area (Å²) in [5, 5.41) is 3.74. The molecular weight excluding hydrogens is 174 g/mol. The molecule has 0 spiro atoms. The Morgan fingerprint density at radius 3 is 2.50 bits per heavy atom. The molecule has 14 heavy (non-hydrogen) atoms. The van der Waals surface area contributed by atoms with Crippen LogP contribution < -0.4 is 0 Å². The van der Waals surface area contributed by atoms with E-state index in [-0.39, 0.29) is 0 Å². The van der Waals surface area contributed by atoms with Gasteiger partial charge in [-0.05, 0) is 12.5 Å². The summed E-state index contributed by atoms with van der Waals surface area (Å²) in [6, 6.07) is 8.21. The first-order chi connectivity index (χ1) is 6.68. The van der Waals surface area contributed by atoms with Gasteiger partial charge in [-0.2, -0.15) is 0 Å². The number of hydrogen-bond donors (Lipinski definition) is 0. The summed E-state index contributed by atoms with van der Waals surface area (Å²) >= 11 is 0. The molecule has 0 fully saturated rings. The Balaban J connectivity index is 2.35. The fourth-order valence-corrected chi connectivity index (χ4v) is 0.934. The smallest absolute Gasteiger partial charge is 0.142 e. The van der Waals surface area contributed by atoms with Crippen LogP contribution in [0.4, 0.5) is 0 Å². The Hall–Kier alpha value is -1.31. The second kappa shape index (κ2) is 5.43. The van der Waals surface area contributed by atoms with Crippen molar-refractivity contribution in [1.29, 1.82) is 0 Å². The quantitative estimate of drug-likeness (QED) is 0.528. The van der Waals surface area contributed by atoms with Gasteiger partial charge in [-0.1, -0.05) is 48.8 Å². The average Bonchev–Trinajstić information content (AvgIpc) is 2.15. The van der Waals surface area contributed by atoms with Crippen LogP contribution >= 0.6 is 0 Å². The first kappa shape index (κ1) is 10.8. The van der Waals surface area contributed by atoms with E-state index in [2.05, 4.69) is 30.4 Å². The van der Waals surface area contributed by atoms with E-state index in [1.54, 1.807) is 0 Å². The molecule has 0 aliphatic heterocycles. The van der Waals surface area contributed by atoms with Crippen molar-refractivity contribution in [3.05, 3.63) is 35.4 Å². The lowest BCUT2D eigenvalue weighted by atomic mass is 10.2. The van der Waals surface area contributed by atoms with E-state index < -0.39 is 0 Å². The number of benzene rings is 1. The number of nitrogens with zero attached hydrogens (tertiary/aromatic N) is 1. The number of rotatable bonds is 4. The van der Waals surface area contributed by atoms with Crippen LogP contribution in [-0.2, 0) is 11.4 Å². The van der Waals surface area contributed by atoms with Gasteiger partial charge in [-0.25, -0.2) is 0 Å². The van der Waals surface area contributed by atoms with Crippen molar-refractivity contribution in [2.45, 2.75) is 27.4 Å². The summed E-state index contributed by atoms with van der Waals surface area (Å²) in [5.74, 6) is 0.313. The van der Waals surface area contributed by atoms with Crippen molar-refractivity contribution < 1.29 is 4.84 Å². The van der Waals surface area contributed by atoms with Gasteiger partial charge in [0.25, 0.3) is 0 Å². The van der Waals surface area contributed by atoms with Gasteiger partial charge in [0, 0.05) is 5.92 Å². The molecule has 1 aromatic carbocycles. The summed E-state index contributed by atoms with van der Waals surface area (Å²) < 4.78 is 0. The van der Waals surface area contributed by atoms with Crippen LogP contribution in [0.25, 0.3) is 0 Å². The van der Waals surface area contributed by atoms with Crippen molar-refractivity contribution >= 4 is 6.21 Å². The minimum atomic E-state index is 0.313. The molecule has 75 valence electrons. The zero-order valence-electron chi connectivity index (χ0n) is 8.95. The summed E-state index contributed by atoms with van der Waals surface area (Å²) in [6.45, 7) is 6.60. The lowest BCUT2D eigenvalue weighted by molar-refractivity contribution is 0.131. The molecule has 1 radical (unpaired) electrons. The zero-order valence-corrected chi connectivity index (χ0v) is 8.95. The normalized spacial score (nSPS) is 11.1. The molecule has 2 nitrogen and oxygen atoms in total. The standard InChI is InChI=1S/C12H16NO/c1-10(2)8-13-14-9-12-6-4-11(3)5-7-12/h4-7,10H,9H2,1-3H3. The van der Waals surface area contributed by atoms with Crippen molar-refractivity contribution in [2.75, 3.05) is 0 Å². The van der Waals surface area contributed by atoms with E-state index in [1.807, 2.05) is 26.0 Å². The fraction of sp³-hybridized carbons (Fsp3) is 0.417. The predicted octanol–water partition coefficient (Wildman–Crippen LogP) is 3.03. The minimum absolute atomic E-state index is 0.313. The Labute approximate surface area is 85.6 Å². The third-order valence-corrected chi connectivity index (χ3v) is 1.73. The second-order valence-electron chi connectivity index (χ2n) is 3.63. The second-order valence-corrected chi connectivity index (χ2v) is 3.63. The summed E-state index contributed by atoms with van der Waals surface area (Å²) in [5.41, 5.74) is 2.39. The molecule has 0 aliphatic rings. The van der Waals surface area contributed by atoms with E-state index in [0.717, 1.165) is 5.56 Å². The van der Waals surface area contributed by atoms with Gasteiger partial charge in [0.1, 0.15) is 12.8 Å². The number of hydrogen-bond acceptors (Lipinski definition) is 2. The molecule has 0 saturated heterocycles. The monoisotopic (exact) mass is 190 g/mol. The molecule has 0 saturated carbocycles. The van der Waals surface area contributed by atoms with Gasteiger partial charge >= 0.3 is 0 Å². The Morgan fingerprint density at radius 1 is 1.29 bits per heavy atom. The fourth-order valence-electron chi connectivity index (χ4n) is 0.934. The van der Waals surface area contributed by atoms with E-state index >= 15 is 0 Å². The van der Waals surface area contributed by atoms with Crippen molar-refractivity contribution in [3.63, 3.8) is 0 Å². The van der Waals surface area contributed by atoms with E-state index in [4.69, 9.17) is 4.84 Å². The summed E-state index contributed by atoms with van der Waals surface area (Å²) in [4.78, 5) is 5.08. The van der Waals surface area contributed by atoms with Crippen LogP contribution in [0.2, 0.25) is 0 Å². The zero-order chi connectivity index (χ0) is 10.4. The Kier molecular flexibility index (Phi) is 4.17. The van der Waals surface area contributed by atoms with Crippen LogP contribution in [0.5, 0.6) is 0 Å². The topological polar surface area (TPSA) is 21.6 Å². The van der Waals surface area contributed by atoms with Crippen LogP contribution in [0.3, 0.4) is 0 Å². The van der Waals surface area contributed by atoms with Gasteiger partial charge in [0.05, 0.1) is 0 Å². The van der Waals surface area contributed by atoms with E-state index in [0.29, 0.717) is 12.5 Å². The predicted molar refractivity (Wildman–Crippen MR) is 58.2 cm³/mol. The Bertz CT molecular complexity index is 288. The van der Waals surface area contributed by atoms with Crippen LogP contribution in [0.15, 0.2) is 29.4 Å². The maximum Gasteiger partial charge on any atom is 0.142 e. The molecule has 0 heterocycles. The lowest BCUT2D eigenvalue weighted by Crippen LogP contribution is -1.91. The average molecular weight is 190 g/mol. The van der Waals surface area contributed by atoms with Gasteiger partial charge < -0.3 is 4.84 Å². The molecule has 1 aromatic rings. The van der Waals surface area contributed by atoms with Crippen molar-refractivity contribution in [1.82, 2.24) is 0 Å². The first-order valence-corrected chi connectivity index (χ1v) is 4.81. The molecule has 2 heteroatoms. The molecule has 0 unspecified atom stereocenters. The molecule has 0 aliphatic carbocycles. The highest BCUT2D eigenvalue weighted by Gasteiger charge is 1.92. The van der Waals surface area contributed by atoms with Crippen LogP contribution in [0, 0.1) is 12.8 Å². The lowest BCUT2D eigenvalue weighted by Gasteiger charge is -2.00. The summed E-state index contributed by atoms with van der Waals surface area (Å²) in [6.07, 6.45) is 2.83. The molecule has 1 rings (SSSR count). The molecule has 0 N–H and O–H groups in total. The third-order valence-electron chi connectivity index (χ3n) is 1.73. The van der Waals surface area contributed by atoms with Gasteiger partial charge in [0.15, 0.2) is 0 Å². The van der Waals surface area contributed by atoms with Gasteiger partial charge in [-0.15, -0.1) is 0 Å². The largest absolute Gasteiger partial charge is 0.391 e. The molecule has 0 amide bonds. The maximum atomic E-state index is 5.08. The maximum absolute atomic E-state index is 5.08.